The van der Waals surface area contributed by atoms with Gasteiger partial charge in [0.2, 0.25) is 0 Å². The van der Waals surface area contributed by atoms with Gasteiger partial charge in [-0.05, 0) is 26.0 Å². The molecule has 6 heteroatoms. The molecule has 0 aliphatic carbocycles. The fourth-order valence-electron chi connectivity index (χ4n) is 1.26. The average Bonchev–Trinajstić information content (AvgIpc) is 2.38. The highest BCUT2D eigenvalue weighted by atomic mass is 19.1. The van der Waals surface area contributed by atoms with Crippen LogP contribution in [-0.4, -0.2) is 41.0 Å². The number of rotatable bonds is 6. The van der Waals surface area contributed by atoms with Gasteiger partial charge in [0.25, 0.3) is 5.91 Å². The molecule has 0 radical (unpaired) electrons. The number of carbonyl (C=O) groups is 1. The SMILES string of the molecule is CC(Oc1ccccc1F)C(=O)NCC(C)(O)CO. The Morgan fingerprint density at radius 2 is 2.16 bits per heavy atom. The summed E-state index contributed by atoms with van der Waals surface area (Å²) in [5.41, 5.74) is -1.40. The number of aliphatic hydroxyl groups is 2. The first-order valence-corrected chi connectivity index (χ1v) is 5.88. The summed E-state index contributed by atoms with van der Waals surface area (Å²) in [6, 6.07) is 5.77. The van der Waals surface area contributed by atoms with Gasteiger partial charge >= 0.3 is 0 Å². The van der Waals surface area contributed by atoms with E-state index in [0.29, 0.717) is 0 Å². The molecule has 1 aromatic rings. The predicted molar refractivity (Wildman–Crippen MR) is 67.2 cm³/mol. The van der Waals surface area contributed by atoms with Gasteiger partial charge in [-0.15, -0.1) is 0 Å². The van der Waals surface area contributed by atoms with Crippen LogP contribution < -0.4 is 10.1 Å². The first-order chi connectivity index (χ1) is 8.85. The molecule has 0 saturated heterocycles. The fourth-order valence-corrected chi connectivity index (χ4v) is 1.26. The van der Waals surface area contributed by atoms with Crippen molar-refractivity contribution in [2.45, 2.75) is 25.6 Å². The van der Waals surface area contributed by atoms with Gasteiger partial charge in [-0.1, -0.05) is 12.1 Å². The number of carbonyl (C=O) groups excluding carboxylic acids is 1. The number of hydrogen-bond donors (Lipinski definition) is 3. The van der Waals surface area contributed by atoms with E-state index in [0.717, 1.165) is 0 Å². The third-order valence-electron chi connectivity index (χ3n) is 2.49. The van der Waals surface area contributed by atoms with Gasteiger partial charge in [0.1, 0.15) is 5.60 Å². The van der Waals surface area contributed by atoms with Crippen LogP contribution in [0.25, 0.3) is 0 Å². The zero-order valence-corrected chi connectivity index (χ0v) is 10.9. The highest BCUT2D eigenvalue weighted by molar-refractivity contribution is 5.80. The summed E-state index contributed by atoms with van der Waals surface area (Å²) in [4.78, 5) is 11.7. The van der Waals surface area contributed by atoms with Crippen LogP contribution in [0.15, 0.2) is 24.3 Å². The molecular formula is C13H18FNO4. The Balaban J connectivity index is 2.52. The Morgan fingerprint density at radius 3 is 2.74 bits per heavy atom. The second kappa shape index (κ2) is 6.49. The van der Waals surface area contributed by atoms with Crippen molar-refractivity contribution in [3.8, 4) is 5.75 Å². The molecule has 1 amide bonds. The zero-order valence-electron chi connectivity index (χ0n) is 10.9. The molecule has 0 aromatic heterocycles. The smallest absolute Gasteiger partial charge is 0.260 e. The number of hydrogen-bond acceptors (Lipinski definition) is 4. The third-order valence-corrected chi connectivity index (χ3v) is 2.49. The van der Waals surface area contributed by atoms with E-state index in [9.17, 15) is 14.3 Å². The number of amides is 1. The van der Waals surface area contributed by atoms with Crippen LogP contribution in [0.4, 0.5) is 4.39 Å². The van der Waals surface area contributed by atoms with Gasteiger partial charge in [0, 0.05) is 6.54 Å². The highest BCUT2D eigenvalue weighted by Gasteiger charge is 2.22. The minimum absolute atomic E-state index is 0.0148. The lowest BCUT2D eigenvalue weighted by atomic mass is 10.1. The Morgan fingerprint density at radius 1 is 1.53 bits per heavy atom. The van der Waals surface area contributed by atoms with E-state index in [1.807, 2.05) is 0 Å². The normalized spacial score (nSPS) is 15.4. The van der Waals surface area contributed by atoms with E-state index in [2.05, 4.69) is 5.32 Å². The maximum absolute atomic E-state index is 13.3. The molecule has 106 valence electrons. The number of nitrogens with one attached hydrogen (secondary N) is 1. The Labute approximate surface area is 111 Å². The molecule has 0 saturated carbocycles. The minimum Gasteiger partial charge on any atom is -0.478 e. The van der Waals surface area contributed by atoms with E-state index in [1.165, 1.54) is 32.0 Å². The van der Waals surface area contributed by atoms with Crippen LogP contribution in [0.5, 0.6) is 5.75 Å². The molecule has 0 bridgehead atoms. The van der Waals surface area contributed by atoms with Gasteiger partial charge in [-0.2, -0.15) is 0 Å². The first kappa shape index (κ1) is 15.4. The first-order valence-electron chi connectivity index (χ1n) is 5.88. The zero-order chi connectivity index (χ0) is 14.5. The van der Waals surface area contributed by atoms with Crippen molar-refractivity contribution in [2.75, 3.05) is 13.2 Å². The van der Waals surface area contributed by atoms with Gasteiger partial charge < -0.3 is 20.3 Å². The topological polar surface area (TPSA) is 78.8 Å². The highest BCUT2D eigenvalue weighted by Crippen LogP contribution is 2.17. The van der Waals surface area contributed by atoms with E-state index < -0.39 is 30.0 Å². The van der Waals surface area contributed by atoms with Crippen molar-refractivity contribution in [3.05, 3.63) is 30.1 Å². The van der Waals surface area contributed by atoms with Crippen molar-refractivity contribution >= 4 is 5.91 Å². The summed E-state index contributed by atoms with van der Waals surface area (Å²) < 4.78 is 18.5. The fraction of sp³-hybridized carbons (Fsp3) is 0.462. The number of aliphatic hydroxyl groups excluding tert-OH is 1. The van der Waals surface area contributed by atoms with Crippen molar-refractivity contribution in [1.82, 2.24) is 5.32 Å². The molecule has 19 heavy (non-hydrogen) atoms. The van der Waals surface area contributed by atoms with E-state index in [-0.39, 0.29) is 12.3 Å². The van der Waals surface area contributed by atoms with Crippen molar-refractivity contribution in [1.29, 1.82) is 0 Å². The molecule has 0 heterocycles. The van der Waals surface area contributed by atoms with Gasteiger partial charge in [0.05, 0.1) is 6.61 Å². The van der Waals surface area contributed by atoms with Crippen molar-refractivity contribution in [2.24, 2.45) is 0 Å². The molecule has 1 rings (SSSR count). The lowest BCUT2D eigenvalue weighted by Crippen LogP contribution is -2.46. The van der Waals surface area contributed by atoms with E-state index in [4.69, 9.17) is 9.84 Å². The van der Waals surface area contributed by atoms with Crippen LogP contribution in [0.1, 0.15) is 13.8 Å². The quantitative estimate of drug-likeness (QED) is 0.702. The lowest BCUT2D eigenvalue weighted by molar-refractivity contribution is -0.128. The van der Waals surface area contributed by atoms with Crippen LogP contribution >= 0.6 is 0 Å². The molecule has 0 aliphatic heterocycles. The maximum atomic E-state index is 13.3. The van der Waals surface area contributed by atoms with Crippen LogP contribution in [0.2, 0.25) is 0 Å². The molecule has 2 unspecified atom stereocenters. The molecule has 0 fully saturated rings. The van der Waals surface area contributed by atoms with Crippen LogP contribution in [-0.2, 0) is 4.79 Å². The number of ether oxygens (including phenoxy) is 1. The summed E-state index contributed by atoms with van der Waals surface area (Å²) in [6.45, 7) is 2.26. The molecule has 5 nitrogen and oxygen atoms in total. The van der Waals surface area contributed by atoms with Crippen molar-refractivity contribution in [3.63, 3.8) is 0 Å². The number of benzene rings is 1. The van der Waals surface area contributed by atoms with Crippen LogP contribution in [0.3, 0.4) is 0 Å². The molecule has 0 spiro atoms. The molecule has 1 aromatic carbocycles. The Bertz CT molecular complexity index is 436. The van der Waals surface area contributed by atoms with Gasteiger partial charge in [-0.3, -0.25) is 4.79 Å². The standard InChI is InChI=1S/C13H18FNO4/c1-9(12(17)15-7-13(2,18)8-16)19-11-6-4-3-5-10(11)14/h3-6,9,16,18H,7-8H2,1-2H3,(H,15,17). The Kier molecular flexibility index (Phi) is 5.26. The predicted octanol–water partition coefficient (Wildman–Crippen LogP) is 0.452. The lowest BCUT2D eigenvalue weighted by Gasteiger charge is -2.22. The van der Waals surface area contributed by atoms with Gasteiger partial charge in [0.15, 0.2) is 17.7 Å². The Hall–Kier alpha value is -1.66. The number of halogens is 1. The van der Waals surface area contributed by atoms with E-state index >= 15 is 0 Å². The summed E-state index contributed by atoms with van der Waals surface area (Å²) in [6.07, 6.45) is -0.911. The van der Waals surface area contributed by atoms with E-state index in [1.54, 1.807) is 6.07 Å². The number of para-hydroxylation sites is 1. The third kappa shape index (κ3) is 4.84. The minimum atomic E-state index is -1.40. The average molecular weight is 271 g/mol. The van der Waals surface area contributed by atoms with Crippen molar-refractivity contribution < 1.29 is 24.1 Å². The second-order valence-electron chi connectivity index (χ2n) is 4.56. The second-order valence-corrected chi connectivity index (χ2v) is 4.56. The summed E-state index contributed by atoms with van der Waals surface area (Å²) >= 11 is 0. The largest absolute Gasteiger partial charge is 0.478 e. The van der Waals surface area contributed by atoms with Gasteiger partial charge in [-0.25, -0.2) is 4.39 Å². The summed E-state index contributed by atoms with van der Waals surface area (Å²) in [7, 11) is 0. The van der Waals surface area contributed by atoms with Crippen LogP contribution in [0, 0.1) is 5.82 Å². The maximum Gasteiger partial charge on any atom is 0.260 e. The summed E-state index contributed by atoms with van der Waals surface area (Å²) in [5.74, 6) is -1.07. The molecule has 3 N–H and O–H groups in total. The summed E-state index contributed by atoms with van der Waals surface area (Å²) in [5, 5.41) is 20.8. The molecule has 2 atom stereocenters. The molecule has 0 aliphatic rings. The monoisotopic (exact) mass is 271 g/mol. The molecular weight excluding hydrogens is 253 g/mol.